The van der Waals surface area contributed by atoms with E-state index in [-0.39, 0.29) is 23.3 Å². The van der Waals surface area contributed by atoms with Gasteiger partial charge < -0.3 is 43.6 Å². The van der Waals surface area contributed by atoms with Crippen LogP contribution in [0.2, 0.25) is 0 Å². The molecule has 276 valence electrons. The molecule has 1 aliphatic rings. The summed E-state index contributed by atoms with van der Waals surface area (Å²) in [4.78, 5) is 65.8. The van der Waals surface area contributed by atoms with Crippen LogP contribution >= 0.6 is 0 Å². The van der Waals surface area contributed by atoms with Crippen molar-refractivity contribution in [1.29, 1.82) is 0 Å². The van der Waals surface area contributed by atoms with Crippen LogP contribution in [0.15, 0.2) is 121 Å². The third-order valence-corrected chi connectivity index (χ3v) is 7.95. The molecule has 0 bridgehead atoms. The maximum absolute atomic E-state index is 13.5. The highest BCUT2D eigenvalue weighted by atomic mass is 16.7. The molecule has 1 aliphatic heterocycles. The van der Waals surface area contributed by atoms with Gasteiger partial charge in [0.1, 0.15) is 12.7 Å². The van der Waals surface area contributed by atoms with Gasteiger partial charge >= 0.3 is 30.0 Å². The summed E-state index contributed by atoms with van der Waals surface area (Å²) in [5, 5.41) is 12.9. The van der Waals surface area contributed by atoms with Crippen molar-refractivity contribution in [2.24, 2.45) is 0 Å². The Morgan fingerprint density at radius 2 is 1.11 bits per heavy atom. The maximum atomic E-state index is 13.5. The highest BCUT2D eigenvalue weighted by Crippen LogP contribution is 2.31. The van der Waals surface area contributed by atoms with E-state index in [1.165, 1.54) is 36.4 Å². The molecule has 14 heteroatoms. The van der Waals surface area contributed by atoms with Crippen molar-refractivity contribution < 1.29 is 62.2 Å². The molecule has 0 radical (unpaired) electrons. The number of alkyl carbamates (subject to hydrolysis) is 1. The van der Waals surface area contributed by atoms with Gasteiger partial charge in [-0.2, -0.15) is 0 Å². The summed E-state index contributed by atoms with van der Waals surface area (Å²) in [5.74, 6) is -3.55. The SMILES string of the molecule is COC(=O)[C@@H](CO[C@@H]1O[C@H](CO)[C@H](OC(=O)c2ccccc2)[C@H](OC(=O)c2ccccc2)[C@H]1OC(=O)c1ccccc1)NC(=O)OCc1ccccc1. The van der Waals surface area contributed by atoms with Crippen molar-refractivity contribution in [2.75, 3.05) is 20.3 Å². The molecule has 2 N–H and O–H groups in total. The molecule has 0 unspecified atom stereocenters. The van der Waals surface area contributed by atoms with E-state index in [0.29, 0.717) is 5.56 Å². The molecule has 5 rings (SSSR count). The zero-order valence-corrected chi connectivity index (χ0v) is 28.5. The summed E-state index contributed by atoms with van der Waals surface area (Å²) in [6, 6.07) is 31.0. The van der Waals surface area contributed by atoms with Crippen LogP contribution in [-0.2, 0) is 44.6 Å². The Balaban J connectivity index is 1.45. The normalized spacial score (nSPS) is 19.8. The zero-order valence-electron chi connectivity index (χ0n) is 28.5. The highest BCUT2D eigenvalue weighted by Gasteiger charge is 2.53. The van der Waals surface area contributed by atoms with Crippen LogP contribution in [0.5, 0.6) is 0 Å². The molecule has 1 heterocycles. The Morgan fingerprint density at radius 3 is 1.58 bits per heavy atom. The largest absolute Gasteiger partial charge is 0.467 e. The number of aliphatic hydroxyl groups excluding tert-OH is 1. The fourth-order valence-corrected chi connectivity index (χ4v) is 5.27. The summed E-state index contributed by atoms with van der Waals surface area (Å²) in [7, 11) is 1.10. The van der Waals surface area contributed by atoms with Crippen LogP contribution in [0.1, 0.15) is 36.6 Å². The molecule has 53 heavy (non-hydrogen) atoms. The van der Waals surface area contributed by atoms with Gasteiger partial charge in [-0.3, -0.25) is 0 Å². The van der Waals surface area contributed by atoms with Gasteiger partial charge in [0.25, 0.3) is 0 Å². The molecule has 0 aliphatic carbocycles. The van der Waals surface area contributed by atoms with Crippen LogP contribution in [0.25, 0.3) is 0 Å². The Morgan fingerprint density at radius 1 is 0.660 bits per heavy atom. The lowest BCUT2D eigenvalue weighted by molar-refractivity contribution is -0.299. The minimum absolute atomic E-state index is 0.0968. The van der Waals surface area contributed by atoms with Gasteiger partial charge in [0, 0.05) is 0 Å². The van der Waals surface area contributed by atoms with Gasteiger partial charge in [0.05, 0.1) is 37.0 Å². The van der Waals surface area contributed by atoms with E-state index in [1.807, 2.05) is 0 Å². The Hall–Kier alpha value is -6.09. The Kier molecular flexibility index (Phi) is 13.6. The highest BCUT2D eigenvalue weighted by molar-refractivity contribution is 5.91. The first-order valence-corrected chi connectivity index (χ1v) is 16.5. The Labute approximate surface area is 304 Å². The molecule has 6 atom stereocenters. The monoisotopic (exact) mass is 727 g/mol. The minimum atomic E-state index is -1.67. The summed E-state index contributed by atoms with van der Waals surface area (Å²) in [6.45, 7) is -1.51. The number of ether oxygens (including phenoxy) is 7. The van der Waals surface area contributed by atoms with Crippen molar-refractivity contribution in [3.8, 4) is 0 Å². The summed E-state index contributed by atoms with van der Waals surface area (Å²) < 4.78 is 39.6. The standard InChI is InChI=1S/C39H37NO13/c1-47-37(45)29(40-39(46)49-23-25-14-6-2-7-15-25)24-48-38-33(53-36(44)28-20-12-5-13-21-28)32(52-35(43)27-18-10-4-11-19-27)31(30(22-41)50-38)51-34(42)26-16-8-3-9-17-26/h2-21,29-33,38,41H,22-24H2,1H3,(H,40,46)/t29-,30-,31+,32+,33-,38-/m1/s1. The number of nitrogens with one attached hydrogen (secondary N) is 1. The van der Waals surface area contributed by atoms with Crippen molar-refractivity contribution in [3.05, 3.63) is 144 Å². The van der Waals surface area contributed by atoms with E-state index >= 15 is 0 Å². The summed E-state index contributed by atoms with van der Waals surface area (Å²) in [5.41, 5.74) is 1.06. The number of carbonyl (C=O) groups is 5. The number of hydrogen-bond donors (Lipinski definition) is 2. The number of benzene rings is 4. The number of esters is 4. The van der Waals surface area contributed by atoms with E-state index in [0.717, 1.165) is 7.11 Å². The third kappa shape index (κ3) is 10.5. The van der Waals surface area contributed by atoms with Crippen LogP contribution in [0.4, 0.5) is 4.79 Å². The van der Waals surface area contributed by atoms with Crippen molar-refractivity contribution in [2.45, 2.75) is 43.4 Å². The fourth-order valence-electron chi connectivity index (χ4n) is 5.27. The lowest BCUT2D eigenvalue weighted by Crippen LogP contribution is -2.63. The third-order valence-electron chi connectivity index (χ3n) is 7.95. The number of aliphatic hydroxyl groups is 1. The Bertz CT molecular complexity index is 1810. The van der Waals surface area contributed by atoms with Gasteiger partial charge in [0.2, 0.25) is 0 Å². The number of rotatable bonds is 14. The first kappa shape index (κ1) is 38.1. The predicted molar refractivity (Wildman–Crippen MR) is 184 cm³/mol. The first-order valence-electron chi connectivity index (χ1n) is 16.5. The van der Waals surface area contributed by atoms with Crippen LogP contribution < -0.4 is 5.32 Å². The lowest BCUT2D eigenvalue weighted by Gasteiger charge is -2.44. The molecule has 0 aromatic heterocycles. The van der Waals surface area contributed by atoms with Gasteiger partial charge in [-0.1, -0.05) is 84.9 Å². The zero-order chi connectivity index (χ0) is 37.6. The van der Waals surface area contributed by atoms with Crippen molar-refractivity contribution in [3.63, 3.8) is 0 Å². The fraction of sp³-hybridized carbons (Fsp3) is 0.256. The van der Waals surface area contributed by atoms with E-state index in [2.05, 4.69) is 5.32 Å². The van der Waals surface area contributed by atoms with E-state index in [9.17, 15) is 29.1 Å². The average molecular weight is 728 g/mol. The molecule has 1 saturated heterocycles. The van der Waals surface area contributed by atoms with Crippen molar-refractivity contribution in [1.82, 2.24) is 5.32 Å². The second-order valence-corrected chi connectivity index (χ2v) is 11.5. The van der Waals surface area contributed by atoms with Crippen LogP contribution in [-0.4, -0.2) is 92.1 Å². The van der Waals surface area contributed by atoms with Gasteiger partial charge in [0.15, 0.2) is 30.6 Å². The second kappa shape index (κ2) is 18.9. The minimum Gasteiger partial charge on any atom is -0.467 e. The molecule has 4 aromatic rings. The molecular formula is C39H37NO13. The summed E-state index contributed by atoms with van der Waals surface area (Å²) in [6.07, 6.45) is -8.91. The van der Waals surface area contributed by atoms with E-state index in [1.54, 1.807) is 84.9 Å². The van der Waals surface area contributed by atoms with Gasteiger partial charge in [-0.15, -0.1) is 0 Å². The van der Waals surface area contributed by atoms with Crippen LogP contribution in [0.3, 0.4) is 0 Å². The first-order chi connectivity index (χ1) is 25.8. The van der Waals surface area contributed by atoms with Crippen LogP contribution in [0, 0.1) is 0 Å². The number of hydrogen-bond acceptors (Lipinski definition) is 13. The number of carbonyl (C=O) groups excluding carboxylic acids is 5. The van der Waals surface area contributed by atoms with Crippen molar-refractivity contribution >= 4 is 30.0 Å². The van der Waals surface area contributed by atoms with Gasteiger partial charge in [-0.05, 0) is 42.0 Å². The smallest absolute Gasteiger partial charge is 0.408 e. The lowest BCUT2D eigenvalue weighted by atomic mass is 9.97. The second-order valence-electron chi connectivity index (χ2n) is 11.5. The molecule has 14 nitrogen and oxygen atoms in total. The molecule has 0 spiro atoms. The summed E-state index contributed by atoms with van der Waals surface area (Å²) >= 11 is 0. The quantitative estimate of drug-likeness (QED) is 0.141. The maximum Gasteiger partial charge on any atom is 0.408 e. The predicted octanol–water partition coefficient (Wildman–Crippen LogP) is 3.87. The molecular weight excluding hydrogens is 690 g/mol. The molecule has 1 amide bonds. The topological polar surface area (TPSA) is 182 Å². The molecule has 0 saturated carbocycles. The average Bonchev–Trinajstić information content (AvgIpc) is 3.21. The number of amides is 1. The molecule has 4 aromatic carbocycles. The molecule has 1 fully saturated rings. The van der Waals surface area contributed by atoms with E-state index in [4.69, 9.17) is 33.2 Å². The number of methoxy groups -OCH3 is 1. The van der Waals surface area contributed by atoms with Gasteiger partial charge in [-0.25, -0.2) is 24.0 Å². The van der Waals surface area contributed by atoms with E-state index < -0.39 is 79.9 Å².